The summed E-state index contributed by atoms with van der Waals surface area (Å²) in [5.74, 6) is -0.194. The van der Waals surface area contributed by atoms with Gasteiger partial charge < -0.3 is 0 Å². The summed E-state index contributed by atoms with van der Waals surface area (Å²) in [4.78, 5) is 2.76. The molecule has 94 valence electrons. The molecule has 0 bridgehead atoms. The van der Waals surface area contributed by atoms with E-state index in [1.54, 1.807) is 0 Å². The molecule has 0 fully saturated rings. The van der Waals surface area contributed by atoms with Gasteiger partial charge in [-0.05, 0) is 55.0 Å². The van der Waals surface area contributed by atoms with Crippen LogP contribution in [0.1, 0.15) is 32.7 Å². The normalized spacial score (nSPS) is 15.7. The SMILES string of the molecule is Fc1ccc(CC(Cl)c2cc3c(s2)CCC3)cc1. The fraction of sp³-hybridized carbons (Fsp3) is 0.333. The van der Waals surface area contributed by atoms with Gasteiger partial charge in [0.05, 0.1) is 5.38 Å². The van der Waals surface area contributed by atoms with Crippen LogP contribution in [0.5, 0.6) is 0 Å². The summed E-state index contributed by atoms with van der Waals surface area (Å²) >= 11 is 8.31. The number of fused-ring (bicyclic) bond motifs is 1. The Labute approximate surface area is 115 Å². The highest BCUT2D eigenvalue weighted by molar-refractivity contribution is 7.12. The molecule has 0 nitrogen and oxygen atoms in total. The molecular formula is C15H14ClFS. The summed E-state index contributed by atoms with van der Waals surface area (Å²) in [5.41, 5.74) is 2.57. The Balaban J connectivity index is 1.74. The molecule has 18 heavy (non-hydrogen) atoms. The van der Waals surface area contributed by atoms with Gasteiger partial charge >= 0.3 is 0 Å². The topological polar surface area (TPSA) is 0 Å². The highest BCUT2D eigenvalue weighted by Crippen LogP contribution is 2.37. The van der Waals surface area contributed by atoms with Gasteiger partial charge in [-0.25, -0.2) is 4.39 Å². The molecule has 0 saturated heterocycles. The van der Waals surface area contributed by atoms with Crippen LogP contribution < -0.4 is 0 Å². The number of hydrogen-bond donors (Lipinski definition) is 0. The van der Waals surface area contributed by atoms with Crippen LogP contribution in [0.4, 0.5) is 4.39 Å². The molecule has 1 atom stereocenters. The van der Waals surface area contributed by atoms with E-state index in [-0.39, 0.29) is 11.2 Å². The molecule has 1 aliphatic rings. The van der Waals surface area contributed by atoms with Crippen molar-refractivity contribution < 1.29 is 4.39 Å². The maximum absolute atomic E-state index is 12.8. The van der Waals surface area contributed by atoms with Gasteiger partial charge in [-0.15, -0.1) is 22.9 Å². The van der Waals surface area contributed by atoms with E-state index in [1.165, 1.54) is 46.7 Å². The average molecular weight is 281 g/mol. The number of rotatable bonds is 3. The summed E-state index contributed by atoms with van der Waals surface area (Å²) < 4.78 is 12.8. The average Bonchev–Trinajstić information content (AvgIpc) is 2.92. The molecule has 0 spiro atoms. The van der Waals surface area contributed by atoms with Crippen LogP contribution in [-0.4, -0.2) is 0 Å². The minimum atomic E-state index is -0.194. The van der Waals surface area contributed by atoms with Gasteiger partial charge in [0.1, 0.15) is 5.82 Å². The lowest BCUT2D eigenvalue weighted by molar-refractivity contribution is 0.627. The highest BCUT2D eigenvalue weighted by atomic mass is 35.5. The third kappa shape index (κ3) is 2.45. The minimum Gasteiger partial charge on any atom is -0.207 e. The van der Waals surface area contributed by atoms with Gasteiger partial charge in [-0.1, -0.05) is 12.1 Å². The maximum Gasteiger partial charge on any atom is 0.123 e. The van der Waals surface area contributed by atoms with Crippen LogP contribution in [0.15, 0.2) is 30.3 Å². The molecule has 2 aromatic rings. The monoisotopic (exact) mass is 280 g/mol. The highest BCUT2D eigenvalue weighted by Gasteiger charge is 2.19. The van der Waals surface area contributed by atoms with E-state index in [1.807, 2.05) is 23.5 Å². The molecule has 0 amide bonds. The largest absolute Gasteiger partial charge is 0.207 e. The van der Waals surface area contributed by atoms with Gasteiger partial charge in [0.2, 0.25) is 0 Å². The van der Waals surface area contributed by atoms with E-state index in [0.29, 0.717) is 0 Å². The fourth-order valence-electron chi connectivity index (χ4n) is 2.43. The van der Waals surface area contributed by atoms with E-state index in [0.717, 1.165) is 12.0 Å². The van der Waals surface area contributed by atoms with Gasteiger partial charge in [0.15, 0.2) is 0 Å². The van der Waals surface area contributed by atoms with E-state index >= 15 is 0 Å². The van der Waals surface area contributed by atoms with E-state index < -0.39 is 0 Å². The lowest BCUT2D eigenvalue weighted by Crippen LogP contribution is -1.93. The van der Waals surface area contributed by atoms with Crippen LogP contribution in [-0.2, 0) is 19.3 Å². The third-order valence-electron chi connectivity index (χ3n) is 3.40. The van der Waals surface area contributed by atoms with Gasteiger partial charge in [0, 0.05) is 9.75 Å². The Morgan fingerprint density at radius 2 is 2.00 bits per heavy atom. The van der Waals surface area contributed by atoms with Crippen molar-refractivity contribution in [3.63, 3.8) is 0 Å². The number of hydrogen-bond acceptors (Lipinski definition) is 1. The maximum atomic E-state index is 12.8. The Morgan fingerprint density at radius 3 is 2.72 bits per heavy atom. The first-order valence-electron chi connectivity index (χ1n) is 6.22. The van der Waals surface area contributed by atoms with Crippen LogP contribution in [0.3, 0.4) is 0 Å². The third-order valence-corrected chi connectivity index (χ3v) is 5.27. The predicted molar refractivity (Wildman–Crippen MR) is 75.0 cm³/mol. The number of thiophene rings is 1. The quantitative estimate of drug-likeness (QED) is 0.702. The molecule has 3 heteroatoms. The zero-order valence-electron chi connectivity index (χ0n) is 9.96. The van der Waals surface area contributed by atoms with E-state index in [9.17, 15) is 4.39 Å². The molecule has 0 saturated carbocycles. The molecule has 3 rings (SSSR count). The van der Waals surface area contributed by atoms with Gasteiger partial charge in [0.25, 0.3) is 0 Å². The molecule has 0 N–H and O–H groups in total. The number of aryl methyl sites for hydroxylation is 2. The zero-order chi connectivity index (χ0) is 12.5. The van der Waals surface area contributed by atoms with Crippen molar-refractivity contribution in [3.05, 3.63) is 57.0 Å². The van der Waals surface area contributed by atoms with E-state index in [2.05, 4.69) is 6.07 Å². The Bertz CT molecular complexity index is 523. The first kappa shape index (κ1) is 12.2. The lowest BCUT2D eigenvalue weighted by Gasteiger charge is -2.07. The van der Waals surface area contributed by atoms with Crippen molar-refractivity contribution in [2.24, 2.45) is 0 Å². The number of halogens is 2. The van der Waals surface area contributed by atoms with E-state index in [4.69, 9.17) is 11.6 Å². The van der Waals surface area contributed by atoms with Crippen molar-refractivity contribution in [1.82, 2.24) is 0 Å². The van der Waals surface area contributed by atoms with Crippen LogP contribution in [0, 0.1) is 5.82 Å². The molecule has 1 heterocycles. The Hall–Kier alpha value is -0.860. The van der Waals surface area contributed by atoms with Crippen LogP contribution in [0.25, 0.3) is 0 Å². The second kappa shape index (κ2) is 5.02. The van der Waals surface area contributed by atoms with Crippen LogP contribution in [0.2, 0.25) is 0 Å². The smallest absolute Gasteiger partial charge is 0.123 e. The van der Waals surface area contributed by atoms with Crippen molar-refractivity contribution in [2.75, 3.05) is 0 Å². The molecule has 1 aromatic carbocycles. The molecule has 1 unspecified atom stereocenters. The summed E-state index contributed by atoms with van der Waals surface area (Å²) in [5, 5.41) is 0.00561. The summed E-state index contributed by atoms with van der Waals surface area (Å²) in [6.07, 6.45) is 4.46. The standard InChI is InChI=1S/C15H14ClFS/c16-13(8-10-4-6-12(17)7-5-10)15-9-11-2-1-3-14(11)18-15/h4-7,9,13H,1-3,8H2. The minimum absolute atomic E-state index is 0.00561. The zero-order valence-corrected chi connectivity index (χ0v) is 11.5. The van der Waals surface area contributed by atoms with Crippen molar-refractivity contribution in [3.8, 4) is 0 Å². The lowest BCUT2D eigenvalue weighted by atomic mass is 10.1. The van der Waals surface area contributed by atoms with Gasteiger partial charge in [-0.2, -0.15) is 0 Å². The van der Waals surface area contributed by atoms with Crippen molar-refractivity contribution in [1.29, 1.82) is 0 Å². The number of benzene rings is 1. The van der Waals surface area contributed by atoms with Crippen molar-refractivity contribution in [2.45, 2.75) is 31.1 Å². The predicted octanol–water partition coefficient (Wildman–Crippen LogP) is 4.90. The second-order valence-electron chi connectivity index (χ2n) is 4.75. The molecular weight excluding hydrogens is 267 g/mol. The van der Waals surface area contributed by atoms with Crippen LogP contribution >= 0.6 is 22.9 Å². The van der Waals surface area contributed by atoms with Crippen molar-refractivity contribution >= 4 is 22.9 Å². The molecule has 0 aliphatic heterocycles. The fourth-order valence-corrected chi connectivity index (χ4v) is 4.04. The molecule has 0 radical (unpaired) electrons. The first-order chi connectivity index (χ1) is 8.72. The Kier molecular flexibility index (Phi) is 3.40. The second-order valence-corrected chi connectivity index (χ2v) is 6.44. The summed E-state index contributed by atoms with van der Waals surface area (Å²) in [6, 6.07) is 8.87. The number of alkyl halides is 1. The molecule has 1 aliphatic carbocycles. The molecule has 1 aromatic heterocycles. The summed E-state index contributed by atoms with van der Waals surface area (Å²) in [6.45, 7) is 0. The summed E-state index contributed by atoms with van der Waals surface area (Å²) in [7, 11) is 0. The Morgan fingerprint density at radius 1 is 1.22 bits per heavy atom. The van der Waals surface area contributed by atoms with Gasteiger partial charge in [-0.3, -0.25) is 0 Å². The first-order valence-corrected chi connectivity index (χ1v) is 7.47.